The quantitative estimate of drug-likeness (QED) is 0.792. The van der Waals surface area contributed by atoms with E-state index < -0.39 is 0 Å². The largest absolute Gasteiger partial charge is 0.441 e. The van der Waals surface area contributed by atoms with Crippen LogP contribution in [0, 0.1) is 0 Å². The van der Waals surface area contributed by atoms with Crippen molar-refractivity contribution in [1.82, 2.24) is 5.32 Å². The molecule has 0 amide bonds. The third-order valence-corrected chi connectivity index (χ3v) is 3.06. The van der Waals surface area contributed by atoms with Gasteiger partial charge in [0.1, 0.15) is 5.58 Å². The summed E-state index contributed by atoms with van der Waals surface area (Å²) in [4.78, 5) is 2.32. The van der Waals surface area contributed by atoms with E-state index in [9.17, 15) is 0 Å². The van der Waals surface area contributed by atoms with E-state index in [1.165, 1.54) is 11.8 Å². The summed E-state index contributed by atoms with van der Waals surface area (Å²) in [6.45, 7) is 4.25. The Labute approximate surface area is 95.0 Å². The maximum absolute atomic E-state index is 5.86. The van der Waals surface area contributed by atoms with E-state index in [1.54, 1.807) is 0 Å². The lowest BCUT2D eigenvalue weighted by Crippen LogP contribution is -2.27. The van der Waals surface area contributed by atoms with Crippen molar-refractivity contribution in [2.75, 3.05) is 31.1 Å². The first-order chi connectivity index (χ1) is 7.93. The number of hydrogen-bond acceptors (Lipinski definition) is 3. The van der Waals surface area contributed by atoms with Gasteiger partial charge in [0.15, 0.2) is 5.88 Å². The number of furan rings is 1. The van der Waals surface area contributed by atoms with Crippen LogP contribution in [0.2, 0.25) is 0 Å². The minimum atomic E-state index is 0.981. The molecular weight excluding hydrogens is 200 g/mol. The molecule has 2 aromatic rings. The monoisotopic (exact) mass is 216 g/mol. The highest BCUT2D eigenvalue weighted by atomic mass is 16.4. The average molecular weight is 216 g/mol. The molecule has 1 aromatic heterocycles. The summed E-state index contributed by atoms with van der Waals surface area (Å²) < 4.78 is 5.86. The van der Waals surface area contributed by atoms with Crippen LogP contribution in [-0.2, 0) is 0 Å². The molecule has 1 N–H and O–H groups in total. The Balaban J connectivity index is 1.92. The molecule has 1 aliphatic heterocycles. The molecule has 0 spiro atoms. The molecule has 1 aliphatic rings. The lowest BCUT2D eigenvalue weighted by molar-refractivity contribution is 0.584. The Bertz CT molecular complexity index is 436. The van der Waals surface area contributed by atoms with E-state index in [0.717, 1.165) is 37.6 Å². The van der Waals surface area contributed by atoms with Crippen LogP contribution in [0.15, 0.2) is 34.7 Å². The Morgan fingerprint density at radius 3 is 3.00 bits per heavy atom. The van der Waals surface area contributed by atoms with Crippen molar-refractivity contribution in [3.8, 4) is 0 Å². The van der Waals surface area contributed by atoms with Crippen molar-refractivity contribution in [2.24, 2.45) is 0 Å². The second-order valence-corrected chi connectivity index (χ2v) is 4.21. The van der Waals surface area contributed by atoms with Gasteiger partial charge in [0, 0.05) is 31.1 Å². The maximum Gasteiger partial charge on any atom is 0.196 e. The minimum Gasteiger partial charge on any atom is -0.441 e. The van der Waals surface area contributed by atoms with Crippen LogP contribution < -0.4 is 10.2 Å². The number of benzene rings is 1. The second-order valence-electron chi connectivity index (χ2n) is 4.21. The Hall–Kier alpha value is -1.48. The molecule has 0 aliphatic carbocycles. The van der Waals surface area contributed by atoms with Crippen LogP contribution >= 0.6 is 0 Å². The van der Waals surface area contributed by atoms with Crippen molar-refractivity contribution >= 4 is 16.9 Å². The second kappa shape index (κ2) is 4.18. The topological polar surface area (TPSA) is 28.4 Å². The number of para-hydroxylation sites is 1. The zero-order chi connectivity index (χ0) is 10.8. The van der Waals surface area contributed by atoms with Gasteiger partial charge in [-0.25, -0.2) is 0 Å². The predicted molar refractivity (Wildman–Crippen MR) is 65.9 cm³/mol. The molecule has 0 bridgehead atoms. The highest BCUT2D eigenvalue weighted by molar-refractivity contribution is 5.80. The van der Waals surface area contributed by atoms with Gasteiger partial charge in [-0.15, -0.1) is 0 Å². The zero-order valence-corrected chi connectivity index (χ0v) is 9.28. The van der Waals surface area contributed by atoms with Gasteiger partial charge in [0.25, 0.3) is 0 Å². The molecule has 0 saturated carbocycles. The van der Waals surface area contributed by atoms with Crippen molar-refractivity contribution in [1.29, 1.82) is 0 Å². The predicted octanol–water partition coefficient (Wildman–Crippen LogP) is 2.23. The van der Waals surface area contributed by atoms with Crippen molar-refractivity contribution in [2.45, 2.75) is 6.42 Å². The van der Waals surface area contributed by atoms with Gasteiger partial charge in [-0.05, 0) is 19.0 Å². The highest BCUT2D eigenvalue weighted by Gasteiger charge is 2.13. The SMILES string of the molecule is c1ccc2oc(N3CCCNCC3)cc2c1. The van der Waals surface area contributed by atoms with Gasteiger partial charge in [-0.2, -0.15) is 0 Å². The highest BCUT2D eigenvalue weighted by Crippen LogP contribution is 2.25. The van der Waals surface area contributed by atoms with Crippen LogP contribution in [0.4, 0.5) is 5.88 Å². The molecule has 1 aromatic carbocycles. The summed E-state index contributed by atoms with van der Waals surface area (Å²) in [5, 5.41) is 4.59. The van der Waals surface area contributed by atoms with Crippen LogP contribution in [0.1, 0.15) is 6.42 Å². The average Bonchev–Trinajstić information content (AvgIpc) is 2.56. The fraction of sp³-hybridized carbons (Fsp3) is 0.385. The van der Waals surface area contributed by atoms with E-state index >= 15 is 0 Å². The molecule has 1 fully saturated rings. The minimum absolute atomic E-state index is 0.981. The first-order valence-corrected chi connectivity index (χ1v) is 5.88. The fourth-order valence-corrected chi connectivity index (χ4v) is 2.19. The first kappa shape index (κ1) is 9.73. The Kier molecular flexibility index (Phi) is 2.54. The van der Waals surface area contributed by atoms with Gasteiger partial charge in [-0.3, -0.25) is 0 Å². The lowest BCUT2D eigenvalue weighted by Gasteiger charge is -2.18. The molecule has 3 nitrogen and oxygen atoms in total. The Morgan fingerprint density at radius 1 is 1.12 bits per heavy atom. The van der Waals surface area contributed by atoms with E-state index in [1.807, 2.05) is 18.2 Å². The number of anilines is 1. The van der Waals surface area contributed by atoms with Gasteiger partial charge >= 0.3 is 0 Å². The van der Waals surface area contributed by atoms with E-state index in [4.69, 9.17) is 4.42 Å². The summed E-state index contributed by atoms with van der Waals surface area (Å²) in [5.41, 5.74) is 0.981. The number of nitrogens with one attached hydrogen (secondary N) is 1. The first-order valence-electron chi connectivity index (χ1n) is 5.88. The standard InChI is InChI=1S/C13H16N2O/c1-2-5-12-11(4-1)10-13(16-12)15-8-3-6-14-7-9-15/h1-2,4-5,10,14H,3,6-9H2. The smallest absolute Gasteiger partial charge is 0.196 e. The molecule has 84 valence electrons. The fourth-order valence-electron chi connectivity index (χ4n) is 2.19. The van der Waals surface area contributed by atoms with E-state index in [-0.39, 0.29) is 0 Å². The number of nitrogens with zero attached hydrogens (tertiary/aromatic N) is 1. The normalized spacial score (nSPS) is 17.6. The van der Waals surface area contributed by atoms with Crippen molar-refractivity contribution in [3.63, 3.8) is 0 Å². The van der Waals surface area contributed by atoms with Crippen molar-refractivity contribution < 1.29 is 4.42 Å². The van der Waals surface area contributed by atoms with Crippen LogP contribution in [0.25, 0.3) is 11.0 Å². The number of fused-ring (bicyclic) bond motifs is 1. The van der Waals surface area contributed by atoms with Gasteiger partial charge < -0.3 is 14.6 Å². The number of rotatable bonds is 1. The molecule has 3 heteroatoms. The molecule has 3 rings (SSSR count). The van der Waals surface area contributed by atoms with Crippen molar-refractivity contribution in [3.05, 3.63) is 30.3 Å². The van der Waals surface area contributed by atoms with E-state index in [0.29, 0.717) is 0 Å². The van der Waals surface area contributed by atoms with E-state index in [2.05, 4.69) is 22.3 Å². The molecule has 16 heavy (non-hydrogen) atoms. The summed E-state index contributed by atoms with van der Waals surface area (Å²) in [6.07, 6.45) is 1.18. The summed E-state index contributed by atoms with van der Waals surface area (Å²) in [7, 11) is 0. The van der Waals surface area contributed by atoms with Gasteiger partial charge in [0.2, 0.25) is 0 Å². The molecular formula is C13H16N2O. The van der Waals surface area contributed by atoms with Gasteiger partial charge in [0.05, 0.1) is 0 Å². The summed E-state index contributed by atoms with van der Waals surface area (Å²) in [6, 6.07) is 10.3. The summed E-state index contributed by atoms with van der Waals surface area (Å²) >= 11 is 0. The van der Waals surface area contributed by atoms with Crippen LogP contribution in [-0.4, -0.2) is 26.2 Å². The third-order valence-electron chi connectivity index (χ3n) is 3.06. The van der Waals surface area contributed by atoms with Crippen LogP contribution in [0.3, 0.4) is 0 Å². The molecule has 1 saturated heterocycles. The third kappa shape index (κ3) is 1.78. The molecule has 0 radical (unpaired) electrons. The molecule has 2 heterocycles. The molecule has 0 atom stereocenters. The maximum atomic E-state index is 5.86. The summed E-state index contributed by atoms with van der Waals surface area (Å²) in [5.74, 6) is 1.00. The molecule has 0 unspecified atom stereocenters. The Morgan fingerprint density at radius 2 is 2.06 bits per heavy atom. The zero-order valence-electron chi connectivity index (χ0n) is 9.28. The van der Waals surface area contributed by atoms with Gasteiger partial charge in [-0.1, -0.05) is 18.2 Å². The van der Waals surface area contributed by atoms with Crippen LogP contribution in [0.5, 0.6) is 0 Å². The number of hydrogen-bond donors (Lipinski definition) is 1. The lowest BCUT2D eigenvalue weighted by atomic mass is 10.2.